The molecule has 3 rings (SSSR count). The number of nitrogen functional groups attached to an aromatic ring is 1. The Hall–Kier alpha value is -2.05. The average molecular weight is 301 g/mol. The summed E-state index contributed by atoms with van der Waals surface area (Å²) < 4.78 is 0. The summed E-state index contributed by atoms with van der Waals surface area (Å²) in [6.07, 6.45) is 0. The molecule has 0 radical (unpaired) electrons. The van der Waals surface area contributed by atoms with Gasteiger partial charge in [-0.05, 0) is 19.1 Å². The van der Waals surface area contributed by atoms with Gasteiger partial charge in [0.2, 0.25) is 5.05 Å². The standard InChI is InChI=1S/C14H11N3OS2/c1-7-16-11(8-5-3-2-4-6-8)9-10(15)12(14(18)19)20-13(9)17-7/h2-6H,15H2,1H3,(H,18,19). The maximum atomic E-state index is 9.55. The van der Waals surface area contributed by atoms with Crippen molar-refractivity contribution in [2.75, 3.05) is 5.73 Å². The van der Waals surface area contributed by atoms with E-state index in [4.69, 9.17) is 18.0 Å². The van der Waals surface area contributed by atoms with E-state index in [1.54, 1.807) is 0 Å². The van der Waals surface area contributed by atoms with E-state index in [1.807, 2.05) is 37.3 Å². The summed E-state index contributed by atoms with van der Waals surface area (Å²) in [6.45, 7) is 1.83. The molecule has 0 fully saturated rings. The van der Waals surface area contributed by atoms with Crippen LogP contribution in [0.5, 0.6) is 0 Å². The Morgan fingerprint density at radius 2 is 1.95 bits per heavy atom. The molecule has 2 heterocycles. The Kier molecular flexibility index (Phi) is 3.11. The number of hydrogen-bond donors (Lipinski definition) is 2. The van der Waals surface area contributed by atoms with Crippen LogP contribution >= 0.6 is 23.6 Å². The molecule has 3 N–H and O–H groups in total. The van der Waals surface area contributed by atoms with Crippen LogP contribution < -0.4 is 5.73 Å². The lowest BCUT2D eigenvalue weighted by Gasteiger charge is -2.05. The summed E-state index contributed by atoms with van der Waals surface area (Å²) in [6, 6.07) is 9.77. The van der Waals surface area contributed by atoms with Crippen molar-refractivity contribution in [3.63, 3.8) is 0 Å². The monoisotopic (exact) mass is 301 g/mol. The number of rotatable bonds is 2. The van der Waals surface area contributed by atoms with Crippen LogP contribution in [0, 0.1) is 6.92 Å². The van der Waals surface area contributed by atoms with Gasteiger partial charge in [-0.1, -0.05) is 30.3 Å². The summed E-state index contributed by atoms with van der Waals surface area (Å²) in [5.74, 6) is 0.660. The number of aromatic nitrogens is 2. The fourth-order valence-corrected chi connectivity index (χ4v) is 3.31. The predicted octanol–water partition coefficient (Wildman–Crippen LogP) is 3.48. The highest BCUT2D eigenvalue weighted by Gasteiger charge is 2.19. The first-order chi connectivity index (χ1) is 9.58. The zero-order chi connectivity index (χ0) is 14.3. The first-order valence-electron chi connectivity index (χ1n) is 5.93. The molecule has 0 aliphatic rings. The van der Waals surface area contributed by atoms with Crippen LogP contribution in [-0.2, 0) is 0 Å². The maximum Gasteiger partial charge on any atom is 0.201 e. The van der Waals surface area contributed by atoms with E-state index in [0.717, 1.165) is 21.5 Å². The minimum Gasteiger partial charge on any atom is -0.498 e. The largest absolute Gasteiger partial charge is 0.498 e. The van der Waals surface area contributed by atoms with Gasteiger partial charge in [0.15, 0.2) is 0 Å². The van der Waals surface area contributed by atoms with E-state index in [1.165, 1.54) is 11.3 Å². The third-order valence-electron chi connectivity index (χ3n) is 2.94. The van der Waals surface area contributed by atoms with Crippen molar-refractivity contribution in [2.45, 2.75) is 6.92 Å². The van der Waals surface area contributed by atoms with Crippen molar-refractivity contribution in [1.82, 2.24) is 9.97 Å². The van der Waals surface area contributed by atoms with Crippen LogP contribution in [0.2, 0.25) is 0 Å². The number of benzene rings is 1. The number of aliphatic hydroxyl groups excluding tert-OH is 1. The van der Waals surface area contributed by atoms with Crippen LogP contribution in [0.25, 0.3) is 21.5 Å². The highest BCUT2D eigenvalue weighted by molar-refractivity contribution is 7.80. The number of nitrogens with two attached hydrogens (primary N) is 1. The zero-order valence-corrected chi connectivity index (χ0v) is 12.3. The molecule has 0 spiro atoms. The molecule has 100 valence electrons. The Balaban J connectivity index is 2.40. The number of thiocarbonyl (C=S) groups is 1. The Labute approximate surface area is 124 Å². The van der Waals surface area contributed by atoms with Crippen molar-refractivity contribution in [3.05, 3.63) is 41.0 Å². The number of thiophene rings is 1. The van der Waals surface area contributed by atoms with Gasteiger partial charge >= 0.3 is 0 Å². The topological polar surface area (TPSA) is 72.0 Å². The molecule has 4 nitrogen and oxygen atoms in total. The van der Waals surface area contributed by atoms with E-state index >= 15 is 0 Å². The van der Waals surface area contributed by atoms with Crippen LogP contribution in [0.4, 0.5) is 5.69 Å². The molecule has 0 unspecified atom stereocenters. The molecular weight excluding hydrogens is 290 g/mol. The quantitative estimate of drug-likeness (QED) is 0.709. The molecule has 0 amide bonds. The summed E-state index contributed by atoms with van der Waals surface area (Å²) in [5.41, 5.74) is 8.28. The van der Waals surface area contributed by atoms with Gasteiger partial charge in [-0.25, -0.2) is 9.97 Å². The van der Waals surface area contributed by atoms with E-state index < -0.39 is 0 Å². The Morgan fingerprint density at radius 3 is 2.60 bits per heavy atom. The molecule has 0 aliphatic heterocycles. The number of hydrogen-bond acceptors (Lipinski definition) is 5. The van der Waals surface area contributed by atoms with Crippen molar-refractivity contribution < 1.29 is 5.11 Å². The molecule has 0 bridgehead atoms. The number of aryl methyl sites for hydroxylation is 1. The van der Waals surface area contributed by atoms with E-state index in [9.17, 15) is 5.11 Å². The third kappa shape index (κ3) is 2.03. The van der Waals surface area contributed by atoms with Gasteiger partial charge < -0.3 is 10.8 Å². The van der Waals surface area contributed by atoms with Crippen molar-refractivity contribution >= 4 is 44.5 Å². The zero-order valence-electron chi connectivity index (χ0n) is 10.6. The highest BCUT2D eigenvalue weighted by atomic mass is 32.1. The smallest absolute Gasteiger partial charge is 0.201 e. The molecule has 2 aromatic heterocycles. The second-order valence-corrected chi connectivity index (χ2v) is 5.70. The molecule has 1 aromatic carbocycles. The minimum absolute atomic E-state index is 0.206. The van der Waals surface area contributed by atoms with Gasteiger partial charge in [0, 0.05) is 5.56 Å². The molecule has 0 saturated carbocycles. The average Bonchev–Trinajstić information content (AvgIpc) is 2.76. The first-order valence-corrected chi connectivity index (χ1v) is 7.15. The van der Waals surface area contributed by atoms with Crippen LogP contribution in [0.1, 0.15) is 10.7 Å². The van der Waals surface area contributed by atoms with E-state index in [-0.39, 0.29) is 5.05 Å². The van der Waals surface area contributed by atoms with Gasteiger partial charge in [-0.3, -0.25) is 0 Å². The lowest BCUT2D eigenvalue weighted by Crippen LogP contribution is -1.97. The fourth-order valence-electron chi connectivity index (χ4n) is 2.09. The van der Waals surface area contributed by atoms with E-state index in [0.29, 0.717) is 16.4 Å². The summed E-state index contributed by atoms with van der Waals surface area (Å²) in [5, 5.41) is 10.1. The summed E-state index contributed by atoms with van der Waals surface area (Å²) in [4.78, 5) is 10.1. The van der Waals surface area contributed by atoms with E-state index in [2.05, 4.69) is 9.97 Å². The van der Waals surface area contributed by atoms with Crippen molar-refractivity contribution in [2.24, 2.45) is 0 Å². The normalized spacial score (nSPS) is 10.8. The van der Waals surface area contributed by atoms with Crippen LogP contribution in [-0.4, -0.2) is 20.1 Å². The number of nitrogens with zero attached hydrogens (tertiary/aromatic N) is 2. The van der Waals surface area contributed by atoms with Crippen molar-refractivity contribution in [3.8, 4) is 11.3 Å². The molecule has 0 atom stereocenters. The minimum atomic E-state index is -0.206. The SMILES string of the molecule is Cc1nc(-c2ccccc2)c2c(N)c(C(O)=S)sc2n1. The van der Waals surface area contributed by atoms with Gasteiger partial charge in [-0.2, -0.15) is 0 Å². The van der Waals surface area contributed by atoms with Gasteiger partial charge in [0.05, 0.1) is 16.8 Å². The van der Waals surface area contributed by atoms with Gasteiger partial charge in [-0.15, -0.1) is 11.3 Å². The molecule has 6 heteroatoms. The lowest BCUT2D eigenvalue weighted by atomic mass is 10.1. The summed E-state index contributed by atoms with van der Waals surface area (Å²) in [7, 11) is 0. The lowest BCUT2D eigenvalue weighted by molar-refractivity contribution is 0.573. The Morgan fingerprint density at radius 1 is 1.25 bits per heavy atom. The predicted molar refractivity (Wildman–Crippen MR) is 86.3 cm³/mol. The third-order valence-corrected chi connectivity index (χ3v) is 4.38. The first kappa shape index (κ1) is 13.0. The van der Waals surface area contributed by atoms with Crippen LogP contribution in [0.15, 0.2) is 30.3 Å². The van der Waals surface area contributed by atoms with Gasteiger partial charge in [0.1, 0.15) is 15.5 Å². The molecule has 0 saturated heterocycles. The van der Waals surface area contributed by atoms with Crippen molar-refractivity contribution in [1.29, 1.82) is 0 Å². The molecule has 3 aromatic rings. The summed E-state index contributed by atoms with van der Waals surface area (Å²) >= 11 is 6.11. The fraction of sp³-hybridized carbons (Fsp3) is 0.0714. The number of aliphatic hydroxyl groups is 1. The molecular formula is C14H11N3OS2. The highest BCUT2D eigenvalue weighted by Crippen LogP contribution is 2.38. The second-order valence-electron chi connectivity index (χ2n) is 4.32. The number of fused-ring (bicyclic) bond motifs is 1. The maximum absolute atomic E-state index is 9.55. The Bertz CT molecular complexity index is 812. The van der Waals surface area contributed by atoms with Gasteiger partial charge in [0.25, 0.3) is 0 Å². The van der Waals surface area contributed by atoms with Crippen LogP contribution in [0.3, 0.4) is 0 Å². The molecule has 0 aliphatic carbocycles. The second kappa shape index (κ2) is 4.81. The number of anilines is 1. The molecule has 20 heavy (non-hydrogen) atoms.